The Labute approximate surface area is 70.7 Å². The Morgan fingerprint density at radius 1 is 1.25 bits per heavy atom. The second-order valence-electron chi connectivity index (χ2n) is 2.58. The van der Waals surface area contributed by atoms with Gasteiger partial charge >= 0.3 is 0 Å². The molecule has 3 heteroatoms. The lowest BCUT2D eigenvalue weighted by Crippen LogP contribution is -1.88. The molecule has 0 saturated carbocycles. The summed E-state index contributed by atoms with van der Waals surface area (Å²) < 4.78 is 12.4. The van der Waals surface area contributed by atoms with E-state index in [2.05, 4.69) is 5.16 Å². The van der Waals surface area contributed by atoms with Gasteiger partial charge in [0.05, 0.1) is 5.71 Å². The van der Waals surface area contributed by atoms with E-state index in [9.17, 15) is 4.39 Å². The van der Waals surface area contributed by atoms with Crippen LogP contribution in [0.4, 0.5) is 4.39 Å². The third-order valence-corrected chi connectivity index (χ3v) is 1.15. The number of rotatable bonds is 2. The Hall–Kier alpha value is -1.38. The van der Waals surface area contributed by atoms with Crippen molar-refractivity contribution in [3.8, 4) is 5.75 Å². The average molecular weight is 167 g/mol. The molecular formula is C9H10FNO. The highest BCUT2D eigenvalue weighted by Gasteiger charge is 1.92. The highest BCUT2D eigenvalue weighted by molar-refractivity contribution is 5.78. The minimum atomic E-state index is -0.278. The molecule has 1 rings (SSSR count). The quantitative estimate of drug-likeness (QED) is 0.490. The minimum Gasteiger partial charge on any atom is -0.357 e. The van der Waals surface area contributed by atoms with Crippen molar-refractivity contribution in [1.82, 2.24) is 0 Å². The summed E-state index contributed by atoms with van der Waals surface area (Å²) in [5, 5.41) is 3.72. The molecule has 0 saturated heterocycles. The molecule has 0 aromatic heterocycles. The van der Waals surface area contributed by atoms with Gasteiger partial charge in [0.2, 0.25) is 0 Å². The molecule has 0 aliphatic carbocycles. The van der Waals surface area contributed by atoms with Crippen LogP contribution >= 0.6 is 0 Å². The van der Waals surface area contributed by atoms with Gasteiger partial charge in [-0.15, -0.1) is 0 Å². The van der Waals surface area contributed by atoms with Crippen molar-refractivity contribution in [2.75, 3.05) is 0 Å². The van der Waals surface area contributed by atoms with E-state index in [1.54, 1.807) is 0 Å². The topological polar surface area (TPSA) is 21.6 Å². The summed E-state index contributed by atoms with van der Waals surface area (Å²) in [6.45, 7) is 3.65. The van der Waals surface area contributed by atoms with Gasteiger partial charge in [-0.05, 0) is 38.1 Å². The van der Waals surface area contributed by atoms with E-state index in [1.807, 2.05) is 13.8 Å². The number of hydrogen-bond acceptors (Lipinski definition) is 2. The molecule has 0 amide bonds. The van der Waals surface area contributed by atoms with Gasteiger partial charge in [0.1, 0.15) is 5.82 Å². The Morgan fingerprint density at radius 3 is 2.33 bits per heavy atom. The summed E-state index contributed by atoms with van der Waals surface area (Å²) >= 11 is 0. The van der Waals surface area contributed by atoms with Crippen LogP contribution in [0.15, 0.2) is 29.4 Å². The zero-order chi connectivity index (χ0) is 8.97. The van der Waals surface area contributed by atoms with Gasteiger partial charge in [-0.25, -0.2) is 4.39 Å². The maximum atomic E-state index is 12.4. The fourth-order valence-electron chi connectivity index (χ4n) is 0.639. The second-order valence-corrected chi connectivity index (χ2v) is 2.58. The molecule has 0 fully saturated rings. The molecule has 0 aliphatic heterocycles. The van der Waals surface area contributed by atoms with Gasteiger partial charge in [0, 0.05) is 0 Å². The maximum Gasteiger partial charge on any atom is 0.158 e. The molecule has 0 aliphatic rings. The Morgan fingerprint density at radius 2 is 1.83 bits per heavy atom. The predicted molar refractivity (Wildman–Crippen MR) is 45.8 cm³/mol. The van der Waals surface area contributed by atoms with Crippen LogP contribution in [0.2, 0.25) is 0 Å². The number of halogens is 1. The van der Waals surface area contributed by atoms with Crippen molar-refractivity contribution in [1.29, 1.82) is 0 Å². The third kappa shape index (κ3) is 2.70. The van der Waals surface area contributed by atoms with E-state index in [4.69, 9.17) is 4.84 Å². The van der Waals surface area contributed by atoms with Crippen molar-refractivity contribution < 1.29 is 9.23 Å². The minimum absolute atomic E-state index is 0.278. The molecule has 1 aromatic rings. The van der Waals surface area contributed by atoms with Crippen LogP contribution < -0.4 is 4.84 Å². The highest BCUT2D eigenvalue weighted by atomic mass is 19.1. The summed E-state index contributed by atoms with van der Waals surface area (Å²) in [6, 6.07) is 5.72. The maximum absolute atomic E-state index is 12.4. The lowest BCUT2D eigenvalue weighted by atomic mass is 10.3. The molecule has 0 spiro atoms. The summed E-state index contributed by atoms with van der Waals surface area (Å²) in [7, 11) is 0. The fourth-order valence-corrected chi connectivity index (χ4v) is 0.639. The largest absolute Gasteiger partial charge is 0.357 e. The highest BCUT2D eigenvalue weighted by Crippen LogP contribution is 2.10. The van der Waals surface area contributed by atoms with Crippen LogP contribution in [0.3, 0.4) is 0 Å². The smallest absolute Gasteiger partial charge is 0.158 e. The number of nitrogens with zero attached hydrogens (tertiary/aromatic N) is 1. The Bertz CT molecular complexity index is 275. The molecule has 0 unspecified atom stereocenters. The summed E-state index contributed by atoms with van der Waals surface area (Å²) in [5.41, 5.74) is 0.819. The molecule has 0 bridgehead atoms. The van der Waals surface area contributed by atoms with Crippen molar-refractivity contribution >= 4 is 5.71 Å². The molecule has 1 aromatic carbocycles. The van der Waals surface area contributed by atoms with E-state index in [1.165, 1.54) is 24.3 Å². The molecule has 0 radical (unpaired) electrons. The molecular weight excluding hydrogens is 157 g/mol. The van der Waals surface area contributed by atoms with Crippen molar-refractivity contribution in [3.63, 3.8) is 0 Å². The van der Waals surface area contributed by atoms with Crippen molar-refractivity contribution in [2.24, 2.45) is 5.16 Å². The zero-order valence-corrected chi connectivity index (χ0v) is 7.04. The van der Waals surface area contributed by atoms with Gasteiger partial charge in [-0.3, -0.25) is 0 Å². The lowest BCUT2D eigenvalue weighted by molar-refractivity contribution is 0.340. The van der Waals surface area contributed by atoms with Gasteiger partial charge in [-0.1, -0.05) is 5.16 Å². The second kappa shape index (κ2) is 3.85. The Kier molecular flexibility index (Phi) is 2.80. The standard InChI is InChI=1S/C9H10FNO/c1-7(2)11-12-9-5-3-8(10)4-6-9/h3-6H,1-2H3. The van der Waals surface area contributed by atoms with Crippen LogP contribution in [-0.2, 0) is 0 Å². The van der Waals surface area contributed by atoms with E-state index in [0.29, 0.717) is 5.75 Å². The van der Waals surface area contributed by atoms with Crippen LogP contribution in [0.1, 0.15) is 13.8 Å². The first-order valence-corrected chi connectivity index (χ1v) is 3.62. The fraction of sp³-hybridized carbons (Fsp3) is 0.222. The van der Waals surface area contributed by atoms with Crippen molar-refractivity contribution in [2.45, 2.75) is 13.8 Å². The number of benzene rings is 1. The predicted octanol–water partition coefficient (Wildman–Crippen LogP) is 2.60. The molecule has 12 heavy (non-hydrogen) atoms. The molecule has 64 valence electrons. The third-order valence-electron chi connectivity index (χ3n) is 1.15. The van der Waals surface area contributed by atoms with Crippen molar-refractivity contribution in [3.05, 3.63) is 30.1 Å². The summed E-state index contributed by atoms with van der Waals surface area (Å²) in [6.07, 6.45) is 0. The van der Waals surface area contributed by atoms with Gasteiger partial charge < -0.3 is 4.84 Å². The number of oxime groups is 1. The first kappa shape index (κ1) is 8.71. The SMILES string of the molecule is CC(C)=NOc1ccc(F)cc1. The van der Waals surface area contributed by atoms with E-state index < -0.39 is 0 Å². The van der Waals surface area contributed by atoms with Crippen LogP contribution in [0, 0.1) is 5.82 Å². The average Bonchev–Trinajstić information content (AvgIpc) is 2.03. The molecule has 0 N–H and O–H groups in total. The van der Waals surface area contributed by atoms with Crippen LogP contribution in [-0.4, -0.2) is 5.71 Å². The van der Waals surface area contributed by atoms with E-state index in [-0.39, 0.29) is 5.82 Å². The van der Waals surface area contributed by atoms with Crippen LogP contribution in [0.5, 0.6) is 5.75 Å². The molecule has 2 nitrogen and oxygen atoms in total. The molecule has 0 atom stereocenters. The molecule has 0 heterocycles. The van der Waals surface area contributed by atoms with Gasteiger partial charge in [0.15, 0.2) is 5.75 Å². The zero-order valence-electron chi connectivity index (χ0n) is 7.04. The van der Waals surface area contributed by atoms with E-state index >= 15 is 0 Å². The first-order chi connectivity index (χ1) is 5.68. The monoisotopic (exact) mass is 167 g/mol. The normalized spacial score (nSPS) is 9.25. The van der Waals surface area contributed by atoms with Crippen LogP contribution in [0.25, 0.3) is 0 Å². The number of hydrogen-bond donors (Lipinski definition) is 0. The van der Waals surface area contributed by atoms with E-state index in [0.717, 1.165) is 5.71 Å². The first-order valence-electron chi connectivity index (χ1n) is 3.62. The van der Waals surface area contributed by atoms with Gasteiger partial charge in [0.25, 0.3) is 0 Å². The van der Waals surface area contributed by atoms with Gasteiger partial charge in [-0.2, -0.15) is 0 Å². The summed E-state index contributed by atoms with van der Waals surface area (Å²) in [4.78, 5) is 4.94. The summed E-state index contributed by atoms with van der Waals surface area (Å²) in [5.74, 6) is 0.261. The lowest BCUT2D eigenvalue weighted by Gasteiger charge is -1.97. The Balaban J connectivity index is 2.65.